The molecule has 5 nitrogen and oxygen atoms in total. The highest BCUT2D eigenvalue weighted by Crippen LogP contribution is 2.20. The number of carbonyl (C=O) groups is 2. The van der Waals surface area contributed by atoms with Gasteiger partial charge in [-0.25, -0.2) is 4.79 Å². The van der Waals surface area contributed by atoms with Gasteiger partial charge in [-0.15, -0.1) is 0 Å². The Morgan fingerprint density at radius 3 is 2.50 bits per heavy atom. The van der Waals surface area contributed by atoms with E-state index in [9.17, 15) is 9.59 Å². The van der Waals surface area contributed by atoms with E-state index in [0.717, 1.165) is 5.56 Å². The predicted octanol–water partition coefficient (Wildman–Crippen LogP) is 2.63. The molecule has 2 rings (SSSR count). The molecule has 0 amide bonds. The van der Waals surface area contributed by atoms with E-state index in [0.29, 0.717) is 5.75 Å². The van der Waals surface area contributed by atoms with Crippen molar-refractivity contribution in [1.82, 2.24) is 0 Å². The lowest BCUT2D eigenvalue weighted by atomic mass is 10.1. The van der Waals surface area contributed by atoms with Gasteiger partial charge in [-0.1, -0.05) is 24.3 Å². The van der Waals surface area contributed by atoms with Crippen molar-refractivity contribution in [1.29, 1.82) is 0 Å². The van der Waals surface area contributed by atoms with Crippen LogP contribution in [0, 0.1) is 0 Å². The number of esters is 2. The van der Waals surface area contributed by atoms with Gasteiger partial charge in [0, 0.05) is 0 Å². The Hall–Kier alpha value is -2.82. The minimum atomic E-state index is -0.551. The maximum Gasteiger partial charge on any atom is 0.341 e. The second-order valence-corrected chi connectivity index (χ2v) is 4.49. The van der Waals surface area contributed by atoms with Gasteiger partial charge >= 0.3 is 11.9 Å². The summed E-state index contributed by atoms with van der Waals surface area (Å²) in [4.78, 5) is 23.7. The molecular weight excluding hydrogens is 284 g/mol. The van der Waals surface area contributed by atoms with Crippen LogP contribution in [0.15, 0.2) is 48.5 Å². The first-order valence-corrected chi connectivity index (χ1v) is 6.65. The van der Waals surface area contributed by atoms with Crippen molar-refractivity contribution < 1.29 is 23.8 Å². The Labute approximate surface area is 128 Å². The molecule has 0 heterocycles. The van der Waals surface area contributed by atoms with Crippen LogP contribution in [0.5, 0.6) is 11.5 Å². The maximum atomic E-state index is 12.0. The molecule has 0 aliphatic heterocycles. The first-order chi connectivity index (χ1) is 10.6. The topological polar surface area (TPSA) is 61.8 Å². The summed E-state index contributed by atoms with van der Waals surface area (Å²) in [5.41, 5.74) is 0.976. The number of hydrogen-bond acceptors (Lipinski definition) is 5. The second kappa shape index (κ2) is 7.26. The third-order valence-corrected chi connectivity index (χ3v) is 3.00. The van der Waals surface area contributed by atoms with E-state index in [4.69, 9.17) is 9.47 Å². The Bertz CT molecular complexity index is 678. The Kier molecular flexibility index (Phi) is 5.14. The van der Waals surface area contributed by atoms with Crippen LogP contribution in [-0.4, -0.2) is 26.2 Å². The molecule has 0 aromatic heterocycles. The first kappa shape index (κ1) is 15.6. The van der Waals surface area contributed by atoms with Crippen molar-refractivity contribution in [3.63, 3.8) is 0 Å². The zero-order chi connectivity index (χ0) is 15.9. The Morgan fingerprint density at radius 2 is 1.77 bits per heavy atom. The lowest BCUT2D eigenvalue weighted by Gasteiger charge is -2.09. The number of ether oxygens (including phenoxy) is 3. The molecule has 5 heteroatoms. The first-order valence-electron chi connectivity index (χ1n) is 6.65. The predicted molar refractivity (Wildman–Crippen MR) is 80.1 cm³/mol. The molecule has 2 aromatic rings. The number of rotatable bonds is 5. The molecule has 0 spiro atoms. The van der Waals surface area contributed by atoms with Gasteiger partial charge in [0.15, 0.2) is 0 Å². The maximum absolute atomic E-state index is 12.0. The summed E-state index contributed by atoms with van der Waals surface area (Å²) in [6.07, 6.45) is 0.0761. The van der Waals surface area contributed by atoms with Crippen LogP contribution >= 0.6 is 0 Å². The van der Waals surface area contributed by atoms with E-state index in [1.165, 1.54) is 7.11 Å². The SMILES string of the molecule is COC(=O)c1ccccc1OC(=O)Cc1cccc(OC)c1. The zero-order valence-electron chi connectivity index (χ0n) is 12.4. The van der Waals surface area contributed by atoms with Gasteiger partial charge in [0.2, 0.25) is 0 Å². The normalized spacial score (nSPS) is 9.91. The van der Waals surface area contributed by atoms with E-state index in [1.807, 2.05) is 0 Å². The van der Waals surface area contributed by atoms with Crippen molar-refractivity contribution in [2.24, 2.45) is 0 Å². The Balaban J connectivity index is 2.10. The van der Waals surface area contributed by atoms with Crippen molar-refractivity contribution in [3.8, 4) is 11.5 Å². The average Bonchev–Trinajstić information content (AvgIpc) is 2.54. The minimum Gasteiger partial charge on any atom is -0.497 e. The summed E-state index contributed by atoms with van der Waals surface area (Å²) >= 11 is 0. The number of benzene rings is 2. The minimum absolute atomic E-state index is 0.0761. The molecule has 0 radical (unpaired) electrons. The summed E-state index contributed by atoms with van der Waals surface area (Å²) in [6, 6.07) is 13.6. The fourth-order valence-electron chi connectivity index (χ4n) is 1.94. The molecule has 0 fully saturated rings. The Morgan fingerprint density at radius 1 is 1.00 bits per heavy atom. The number of para-hydroxylation sites is 1. The van der Waals surface area contributed by atoms with Gasteiger partial charge in [0.25, 0.3) is 0 Å². The van der Waals surface area contributed by atoms with Crippen LogP contribution in [0.3, 0.4) is 0 Å². The van der Waals surface area contributed by atoms with Gasteiger partial charge in [0.1, 0.15) is 17.1 Å². The molecule has 0 atom stereocenters. The monoisotopic (exact) mass is 300 g/mol. The van der Waals surface area contributed by atoms with Crippen LogP contribution in [0.4, 0.5) is 0 Å². The third kappa shape index (κ3) is 3.85. The highest BCUT2D eigenvalue weighted by molar-refractivity contribution is 5.93. The standard InChI is InChI=1S/C17H16O5/c1-20-13-7-5-6-12(10-13)11-16(18)22-15-9-4-3-8-14(15)17(19)21-2/h3-10H,11H2,1-2H3. The molecule has 0 bridgehead atoms. The van der Waals surface area contributed by atoms with Gasteiger partial charge in [-0.05, 0) is 29.8 Å². The molecule has 0 saturated carbocycles. The number of hydrogen-bond donors (Lipinski definition) is 0. The highest BCUT2D eigenvalue weighted by atomic mass is 16.5. The largest absolute Gasteiger partial charge is 0.497 e. The molecule has 22 heavy (non-hydrogen) atoms. The van der Waals surface area contributed by atoms with Crippen LogP contribution in [0.25, 0.3) is 0 Å². The van der Waals surface area contributed by atoms with Gasteiger partial charge in [-0.2, -0.15) is 0 Å². The van der Waals surface area contributed by atoms with Crippen LogP contribution in [0.1, 0.15) is 15.9 Å². The zero-order valence-corrected chi connectivity index (χ0v) is 12.4. The van der Waals surface area contributed by atoms with Gasteiger partial charge in [-0.3, -0.25) is 4.79 Å². The highest BCUT2D eigenvalue weighted by Gasteiger charge is 2.15. The summed E-state index contributed by atoms with van der Waals surface area (Å²) in [5.74, 6) is -0.170. The van der Waals surface area contributed by atoms with E-state index in [-0.39, 0.29) is 17.7 Å². The quantitative estimate of drug-likeness (QED) is 0.627. The van der Waals surface area contributed by atoms with E-state index >= 15 is 0 Å². The number of methoxy groups -OCH3 is 2. The fourth-order valence-corrected chi connectivity index (χ4v) is 1.94. The van der Waals surface area contributed by atoms with Crippen molar-refractivity contribution >= 4 is 11.9 Å². The molecule has 0 N–H and O–H groups in total. The number of carbonyl (C=O) groups excluding carboxylic acids is 2. The van der Waals surface area contributed by atoms with Crippen LogP contribution < -0.4 is 9.47 Å². The second-order valence-electron chi connectivity index (χ2n) is 4.49. The van der Waals surface area contributed by atoms with Crippen LogP contribution in [-0.2, 0) is 16.0 Å². The molecular formula is C17H16O5. The van der Waals surface area contributed by atoms with Crippen molar-refractivity contribution in [3.05, 3.63) is 59.7 Å². The molecule has 114 valence electrons. The average molecular weight is 300 g/mol. The van der Waals surface area contributed by atoms with Gasteiger partial charge < -0.3 is 14.2 Å². The molecule has 0 aliphatic carbocycles. The fraction of sp³-hybridized carbons (Fsp3) is 0.176. The molecule has 0 unspecified atom stereocenters. The van der Waals surface area contributed by atoms with Crippen molar-refractivity contribution in [2.45, 2.75) is 6.42 Å². The van der Waals surface area contributed by atoms with Crippen LogP contribution in [0.2, 0.25) is 0 Å². The molecule has 0 aliphatic rings. The summed E-state index contributed by atoms with van der Waals surface area (Å²) in [7, 11) is 2.83. The third-order valence-electron chi connectivity index (χ3n) is 3.00. The van der Waals surface area contributed by atoms with E-state index in [2.05, 4.69) is 4.74 Å². The molecule has 2 aromatic carbocycles. The van der Waals surface area contributed by atoms with Gasteiger partial charge in [0.05, 0.1) is 20.6 Å². The summed E-state index contributed by atoms with van der Waals surface area (Å²) in [5, 5.41) is 0. The lowest BCUT2D eigenvalue weighted by Crippen LogP contribution is -2.14. The molecule has 0 saturated heterocycles. The summed E-state index contributed by atoms with van der Waals surface area (Å²) in [6.45, 7) is 0. The smallest absolute Gasteiger partial charge is 0.341 e. The van der Waals surface area contributed by atoms with Crippen molar-refractivity contribution in [2.75, 3.05) is 14.2 Å². The summed E-state index contributed by atoms with van der Waals surface area (Å²) < 4.78 is 15.0. The van der Waals surface area contributed by atoms with E-state index < -0.39 is 11.9 Å². The lowest BCUT2D eigenvalue weighted by molar-refractivity contribution is -0.133. The van der Waals surface area contributed by atoms with E-state index in [1.54, 1.807) is 55.6 Å².